The van der Waals surface area contributed by atoms with Crippen molar-refractivity contribution in [1.82, 2.24) is 15.0 Å². The lowest BCUT2D eigenvalue weighted by Gasteiger charge is -2.10. The van der Waals surface area contributed by atoms with E-state index in [0.29, 0.717) is 11.0 Å². The van der Waals surface area contributed by atoms with Crippen LogP contribution < -0.4 is 10.0 Å². The van der Waals surface area contributed by atoms with Crippen LogP contribution in [0, 0.1) is 0 Å². The van der Waals surface area contributed by atoms with E-state index < -0.39 is 16.1 Å². The van der Waals surface area contributed by atoms with Gasteiger partial charge in [0.2, 0.25) is 15.9 Å². The van der Waals surface area contributed by atoms with Crippen LogP contribution in [0.25, 0.3) is 0 Å². The molecule has 2 rings (SSSR count). The van der Waals surface area contributed by atoms with Crippen LogP contribution >= 0.6 is 15.9 Å². The molecule has 17 heavy (non-hydrogen) atoms. The average molecular weight is 320 g/mol. The fourth-order valence-electron chi connectivity index (χ4n) is 1.52. The predicted octanol–water partition coefficient (Wildman–Crippen LogP) is 0.0109. The van der Waals surface area contributed by atoms with Gasteiger partial charge in [0.1, 0.15) is 4.90 Å². The summed E-state index contributed by atoms with van der Waals surface area (Å²) in [5.74, 6) is -0.148. The minimum absolute atomic E-state index is 0.0752. The van der Waals surface area contributed by atoms with Crippen LogP contribution in [0.4, 0.5) is 0 Å². The Kier molecular flexibility index (Phi) is 3.45. The maximum absolute atomic E-state index is 11.9. The number of hydrogen-bond donors (Lipinski definition) is 2. The van der Waals surface area contributed by atoms with Crippen molar-refractivity contribution in [3.8, 4) is 0 Å². The number of nitrogens with one attached hydrogen (secondary N) is 2. The van der Waals surface area contributed by atoms with Crippen molar-refractivity contribution in [3.05, 3.63) is 22.9 Å². The molecule has 1 unspecified atom stereocenters. The van der Waals surface area contributed by atoms with Crippen LogP contribution in [0.5, 0.6) is 0 Å². The van der Waals surface area contributed by atoms with Gasteiger partial charge in [-0.25, -0.2) is 13.1 Å². The van der Waals surface area contributed by atoms with E-state index in [1.54, 1.807) is 0 Å². The second-order valence-corrected chi connectivity index (χ2v) is 6.29. The van der Waals surface area contributed by atoms with Gasteiger partial charge < -0.3 is 5.32 Å². The molecule has 1 amide bonds. The quantitative estimate of drug-likeness (QED) is 0.821. The third kappa shape index (κ3) is 3.02. The molecule has 0 aliphatic carbocycles. The number of rotatable bonds is 3. The molecule has 1 atom stereocenters. The molecule has 0 aromatic carbocycles. The fourth-order valence-corrected chi connectivity index (χ4v) is 3.25. The smallest absolute Gasteiger partial charge is 0.242 e. The zero-order valence-electron chi connectivity index (χ0n) is 8.68. The number of halogens is 1. The number of carbonyl (C=O) groups is 1. The molecule has 1 aliphatic heterocycles. The van der Waals surface area contributed by atoms with Crippen LogP contribution in [0.15, 0.2) is 27.8 Å². The molecule has 1 saturated heterocycles. The average Bonchev–Trinajstić information content (AvgIpc) is 2.63. The second-order valence-electron chi connectivity index (χ2n) is 3.67. The topological polar surface area (TPSA) is 88.2 Å². The van der Waals surface area contributed by atoms with Crippen LogP contribution in [0.3, 0.4) is 0 Å². The van der Waals surface area contributed by atoms with Gasteiger partial charge in [-0.3, -0.25) is 9.78 Å². The molecule has 1 aromatic rings. The fraction of sp³-hybridized carbons (Fsp3) is 0.333. The SMILES string of the molecule is O=C1CC(NS(=O)(=O)c2cncc(Br)c2)CN1. The molecule has 2 heterocycles. The number of amides is 1. The van der Waals surface area contributed by atoms with Crippen LogP contribution in [-0.2, 0) is 14.8 Å². The second kappa shape index (κ2) is 4.71. The Balaban J connectivity index is 2.17. The Morgan fingerprint density at radius 3 is 2.82 bits per heavy atom. The number of carbonyl (C=O) groups excluding carboxylic acids is 1. The molecular weight excluding hydrogens is 310 g/mol. The van der Waals surface area contributed by atoms with Gasteiger partial charge in [0.25, 0.3) is 0 Å². The van der Waals surface area contributed by atoms with Gasteiger partial charge in [0, 0.05) is 35.9 Å². The van der Waals surface area contributed by atoms with Gasteiger partial charge in [-0.1, -0.05) is 0 Å². The van der Waals surface area contributed by atoms with Crippen molar-refractivity contribution in [2.75, 3.05) is 6.54 Å². The zero-order valence-corrected chi connectivity index (χ0v) is 11.1. The van der Waals surface area contributed by atoms with Gasteiger partial charge in [0.05, 0.1) is 0 Å². The molecule has 8 heteroatoms. The lowest BCUT2D eigenvalue weighted by molar-refractivity contribution is -0.119. The minimum Gasteiger partial charge on any atom is -0.354 e. The zero-order chi connectivity index (χ0) is 12.5. The van der Waals surface area contributed by atoms with E-state index in [9.17, 15) is 13.2 Å². The number of pyridine rings is 1. The van der Waals surface area contributed by atoms with Crippen LogP contribution in [0.2, 0.25) is 0 Å². The van der Waals surface area contributed by atoms with Gasteiger partial charge in [-0.15, -0.1) is 0 Å². The molecule has 1 aliphatic rings. The van der Waals surface area contributed by atoms with E-state index in [2.05, 4.69) is 31.0 Å². The third-order valence-corrected chi connectivity index (χ3v) is 4.21. The molecule has 0 spiro atoms. The molecule has 0 saturated carbocycles. The standard InChI is InChI=1S/C9H10BrN3O3S/c10-6-1-8(5-11-3-6)17(15,16)13-7-2-9(14)12-4-7/h1,3,5,7,13H,2,4H2,(H,12,14). The molecule has 92 valence electrons. The minimum atomic E-state index is -3.62. The Labute approximate surface area is 107 Å². The highest BCUT2D eigenvalue weighted by atomic mass is 79.9. The summed E-state index contributed by atoms with van der Waals surface area (Å²) in [4.78, 5) is 14.8. The number of aromatic nitrogens is 1. The summed E-state index contributed by atoms with van der Waals surface area (Å²) in [6.45, 7) is 0.319. The third-order valence-electron chi connectivity index (χ3n) is 2.29. The van der Waals surface area contributed by atoms with E-state index in [4.69, 9.17) is 0 Å². The molecule has 0 radical (unpaired) electrons. The highest BCUT2D eigenvalue weighted by Crippen LogP contribution is 2.15. The first-order chi connectivity index (χ1) is 7.97. The normalized spacial score (nSPS) is 20.3. The number of nitrogens with zero attached hydrogens (tertiary/aromatic N) is 1. The summed E-state index contributed by atoms with van der Waals surface area (Å²) >= 11 is 3.16. The van der Waals surface area contributed by atoms with Crippen LogP contribution in [-0.4, -0.2) is 31.9 Å². The van der Waals surface area contributed by atoms with E-state index in [0.717, 1.165) is 0 Å². The summed E-state index contributed by atoms with van der Waals surface area (Å²) in [6.07, 6.45) is 2.93. The first kappa shape index (κ1) is 12.5. The molecule has 2 N–H and O–H groups in total. The van der Waals surface area contributed by atoms with Crippen molar-refractivity contribution < 1.29 is 13.2 Å². The first-order valence-electron chi connectivity index (χ1n) is 4.87. The maximum Gasteiger partial charge on any atom is 0.242 e. The van der Waals surface area contributed by atoms with Gasteiger partial charge in [-0.2, -0.15) is 0 Å². The lowest BCUT2D eigenvalue weighted by atomic mass is 10.3. The Hall–Kier alpha value is -0.990. The Bertz CT molecular complexity index is 546. The van der Waals surface area contributed by atoms with E-state index >= 15 is 0 Å². The lowest BCUT2D eigenvalue weighted by Crippen LogP contribution is -2.36. The largest absolute Gasteiger partial charge is 0.354 e. The highest BCUT2D eigenvalue weighted by molar-refractivity contribution is 9.10. The van der Waals surface area contributed by atoms with Gasteiger partial charge in [0.15, 0.2) is 0 Å². The van der Waals surface area contributed by atoms with Crippen molar-refractivity contribution in [2.45, 2.75) is 17.4 Å². The molecule has 1 aromatic heterocycles. The summed E-state index contributed by atoms with van der Waals surface area (Å²) in [5.41, 5.74) is 0. The van der Waals surface area contributed by atoms with E-state index in [1.165, 1.54) is 18.5 Å². The Morgan fingerprint density at radius 1 is 1.47 bits per heavy atom. The van der Waals surface area contributed by atoms with Crippen LogP contribution in [0.1, 0.15) is 6.42 Å². The summed E-state index contributed by atoms with van der Waals surface area (Å²) in [6, 6.07) is 1.06. The van der Waals surface area contributed by atoms with Gasteiger partial charge in [-0.05, 0) is 22.0 Å². The summed E-state index contributed by atoms with van der Waals surface area (Å²) < 4.78 is 26.9. The van der Waals surface area contributed by atoms with Crippen molar-refractivity contribution in [3.63, 3.8) is 0 Å². The number of hydrogen-bond acceptors (Lipinski definition) is 4. The molecule has 0 bridgehead atoms. The van der Waals surface area contributed by atoms with E-state index in [-0.39, 0.29) is 17.2 Å². The monoisotopic (exact) mass is 319 g/mol. The Morgan fingerprint density at radius 2 is 2.24 bits per heavy atom. The van der Waals surface area contributed by atoms with Crippen molar-refractivity contribution in [2.24, 2.45) is 0 Å². The van der Waals surface area contributed by atoms with Crippen molar-refractivity contribution >= 4 is 31.9 Å². The van der Waals surface area contributed by atoms with Crippen molar-refractivity contribution in [1.29, 1.82) is 0 Å². The molecule has 1 fully saturated rings. The summed E-state index contributed by atoms with van der Waals surface area (Å²) in [7, 11) is -3.62. The first-order valence-corrected chi connectivity index (χ1v) is 7.14. The molecule has 6 nitrogen and oxygen atoms in total. The number of sulfonamides is 1. The van der Waals surface area contributed by atoms with E-state index in [1.807, 2.05) is 0 Å². The maximum atomic E-state index is 11.9. The predicted molar refractivity (Wildman–Crippen MR) is 63.7 cm³/mol. The summed E-state index contributed by atoms with van der Waals surface area (Å²) in [5, 5.41) is 2.56. The highest BCUT2D eigenvalue weighted by Gasteiger charge is 2.27. The van der Waals surface area contributed by atoms with Gasteiger partial charge >= 0.3 is 0 Å². The molecular formula is C9H10BrN3O3S.